The Morgan fingerprint density at radius 3 is 2.45 bits per heavy atom. The summed E-state index contributed by atoms with van der Waals surface area (Å²) in [6.45, 7) is 4.42. The number of rotatable bonds is 5. The number of alkyl halides is 3. The summed E-state index contributed by atoms with van der Waals surface area (Å²) in [7, 11) is 0. The lowest BCUT2D eigenvalue weighted by Gasteiger charge is -2.29. The molecular weight excluding hydrogens is 415 g/mol. The molecule has 1 fully saturated rings. The molecule has 3 rings (SSSR count). The molecule has 0 saturated carbocycles. The van der Waals surface area contributed by atoms with Crippen LogP contribution in [0.1, 0.15) is 29.5 Å². The fourth-order valence-corrected chi connectivity index (χ4v) is 3.42. The van der Waals surface area contributed by atoms with Crippen molar-refractivity contribution in [3.63, 3.8) is 0 Å². The molecule has 1 saturated heterocycles. The number of ether oxygens (including phenoxy) is 1. The second-order valence-corrected chi connectivity index (χ2v) is 7.62. The predicted octanol–water partition coefficient (Wildman–Crippen LogP) is 3.81. The average molecular weight is 437 g/mol. The van der Waals surface area contributed by atoms with E-state index in [-0.39, 0.29) is 6.61 Å². The molecule has 31 heavy (non-hydrogen) atoms. The number of likely N-dealkylation sites (tertiary alicyclic amines) is 1. The van der Waals surface area contributed by atoms with Crippen molar-refractivity contribution >= 4 is 22.7 Å². The van der Waals surface area contributed by atoms with Gasteiger partial charge in [0, 0.05) is 42.4 Å². The van der Waals surface area contributed by atoms with Crippen molar-refractivity contribution in [2.75, 3.05) is 13.1 Å². The van der Waals surface area contributed by atoms with E-state index in [0.717, 1.165) is 17.3 Å². The van der Waals surface area contributed by atoms with Crippen LogP contribution >= 0.6 is 0 Å². The molecule has 0 atom stereocenters. The summed E-state index contributed by atoms with van der Waals surface area (Å²) in [5.74, 6) is -2.75. The zero-order valence-electron chi connectivity index (χ0n) is 17.1. The Hall–Kier alpha value is -3.10. The molecule has 1 aromatic carbocycles. The number of aryl methyl sites for hydroxylation is 2. The fourth-order valence-electron chi connectivity index (χ4n) is 3.42. The molecule has 9 heteroatoms. The fraction of sp³-hybridized carbons (Fsp3) is 0.409. The first-order chi connectivity index (χ1) is 14.5. The molecule has 0 amide bonds. The van der Waals surface area contributed by atoms with E-state index in [2.05, 4.69) is 0 Å². The van der Waals surface area contributed by atoms with Gasteiger partial charge in [0.05, 0.1) is 5.92 Å². The lowest BCUT2D eigenvalue weighted by molar-refractivity contribution is -0.165. The van der Waals surface area contributed by atoms with E-state index in [1.807, 2.05) is 19.9 Å². The third kappa shape index (κ3) is 5.53. The van der Waals surface area contributed by atoms with Gasteiger partial charge in [-0.3, -0.25) is 9.59 Å². The average Bonchev–Trinajstić information content (AvgIpc) is 2.71. The maximum Gasteiger partial charge on any atom is 0.454 e. The highest BCUT2D eigenvalue weighted by atomic mass is 19.4. The molecule has 2 aromatic rings. The molecule has 166 valence electrons. The number of hydrogen-bond acceptors (Lipinski definition) is 6. The summed E-state index contributed by atoms with van der Waals surface area (Å²) in [5, 5.41) is 0.699. The summed E-state index contributed by atoms with van der Waals surface area (Å²) in [6.07, 6.45) is -2.51. The van der Waals surface area contributed by atoms with Crippen LogP contribution in [0.15, 0.2) is 39.7 Å². The molecular formula is C22H22F3NO5. The quantitative estimate of drug-likeness (QED) is 0.402. The summed E-state index contributed by atoms with van der Waals surface area (Å²) < 4.78 is 47.4. The molecule has 1 aromatic heterocycles. The van der Waals surface area contributed by atoms with Gasteiger partial charge in [0.2, 0.25) is 0 Å². The Kier molecular flexibility index (Phi) is 6.52. The van der Waals surface area contributed by atoms with Crippen molar-refractivity contribution in [1.29, 1.82) is 0 Å². The van der Waals surface area contributed by atoms with Crippen molar-refractivity contribution in [3.8, 4) is 0 Å². The van der Waals surface area contributed by atoms with Crippen LogP contribution in [0.5, 0.6) is 0 Å². The number of benzene rings is 1. The van der Waals surface area contributed by atoms with E-state index in [4.69, 9.17) is 9.15 Å². The van der Waals surface area contributed by atoms with Gasteiger partial charge in [-0.2, -0.15) is 13.2 Å². The van der Waals surface area contributed by atoms with Crippen LogP contribution in [0.2, 0.25) is 0 Å². The van der Waals surface area contributed by atoms with Gasteiger partial charge in [-0.25, -0.2) is 4.79 Å². The molecule has 1 aliphatic rings. The summed E-state index contributed by atoms with van der Waals surface area (Å²) >= 11 is 0. The van der Waals surface area contributed by atoms with Crippen LogP contribution in [0.4, 0.5) is 13.2 Å². The molecule has 6 nitrogen and oxygen atoms in total. The van der Waals surface area contributed by atoms with E-state index in [1.54, 1.807) is 11.0 Å². The highest BCUT2D eigenvalue weighted by Crippen LogP contribution is 2.24. The highest BCUT2D eigenvalue weighted by molar-refractivity contribution is 5.94. The minimum absolute atomic E-state index is 0.0797. The first-order valence-electron chi connectivity index (χ1n) is 9.78. The molecule has 0 aliphatic carbocycles. The van der Waals surface area contributed by atoms with Gasteiger partial charge in [-0.15, -0.1) is 0 Å². The SMILES string of the molecule is Cc1cc2oc(=O)cc(COC(=O)C3CCN(/C=C/C(=O)C(F)(F)F)CC3)c2cc1C. The number of esters is 1. The first-order valence-corrected chi connectivity index (χ1v) is 9.78. The topological polar surface area (TPSA) is 76.8 Å². The molecule has 0 radical (unpaired) electrons. The zero-order chi connectivity index (χ0) is 22.8. The lowest BCUT2D eigenvalue weighted by Crippen LogP contribution is -2.34. The molecule has 2 heterocycles. The number of hydrogen-bond donors (Lipinski definition) is 0. The van der Waals surface area contributed by atoms with Gasteiger partial charge in [0.25, 0.3) is 5.78 Å². The Labute approximate surface area is 176 Å². The van der Waals surface area contributed by atoms with Crippen molar-refractivity contribution in [2.45, 2.75) is 39.5 Å². The predicted molar refractivity (Wildman–Crippen MR) is 106 cm³/mol. The number of ketones is 1. The standard InChI is InChI=1S/C22H22F3NO5/c1-13-9-17-16(11-20(28)31-18(17)10-14(13)2)12-30-21(29)15-3-6-26(7-4-15)8-5-19(27)22(23,24)25/h5,8-11,15H,3-4,6-7,12H2,1-2H3/b8-5+. The third-order valence-corrected chi connectivity index (χ3v) is 5.39. The van der Waals surface area contributed by atoms with Gasteiger partial charge in [0.1, 0.15) is 12.2 Å². The second-order valence-electron chi connectivity index (χ2n) is 7.62. The van der Waals surface area contributed by atoms with Crippen LogP contribution in [0.25, 0.3) is 11.0 Å². The monoisotopic (exact) mass is 437 g/mol. The van der Waals surface area contributed by atoms with Crippen molar-refractivity contribution < 1.29 is 31.9 Å². The number of nitrogens with zero attached hydrogens (tertiary/aromatic N) is 1. The van der Waals surface area contributed by atoms with Crippen molar-refractivity contribution in [1.82, 2.24) is 4.90 Å². The van der Waals surface area contributed by atoms with Crippen molar-refractivity contribution in [2.24, 2.45) is 5.92 Å². The first kappa shape index (κ1) is 22.6. The highest BCUT2D eigenvalue weighted by Gasteiger charge is 2.36. The van der Waals surface area contributed by atoms with Gasteiger partial charge < -0.3 is 14.1 Å². The number of halogens is 3. The number of piperidine rings is 1. The van der Waals surface area contributed by atoms with Crippen LogP contribution in [0.3, 0.4) is 0 Å². The third-order valence-electron chi connectivity index (χ3n) is 5.39. The van der Waals surface area contributed by atoms with E-state index >= 15 is 0 Å². The summed E-state index contributed by atoms with van der Waals surface area (Å²) in [5.41, 5.74) is 2.43. The van der Waals surface area contributed by atoms with Gasteiger partial charge >= 0.3 is 17.8 Å². The van der Waals surface area contributed by atoms with Crippen LogP contribution in [-0.4, -0.2) is 35.9 Å². The molecule has 0 bridgehead atoms. The molecule has 0 N–H and O–H groups in total. The largest absolute Gasteiger partial charge is 0.461 e. The summed E-state index contributed by atoms with van der Waals surface area (Å²) in [6, 6.07) is 4.95. The summed E-state index contributed by atoms with van der Waals surface area (Å²) in [4.78, 5) is 36.8. The maximum atomic E-state index is 12.5. The Balaban J connectivity index is 1.59. The van der Waals surface area contributed by atoms with Crippen LogP contribution in [0, 0.1) is 19.8 Å². The van der Waals surface area contributed by atoms with E-state index in [9.17, 15) is 27.6 Å². The van der Waals surface area contributed by atoms with Crippen LogP contribution < -0.4 is 5.63 Å². The van der Waals surface area contributed by atoms with Crippen molar-refractivity contribution in [3.05, 3.63) is 57.6 Å². The minimum atomic E-state index is -4.89. The normalized spacial score (nSPS) is 15.6. The number of allylic oxidation sites excluding steroid dienone is 1. The second kappa shape index (κ2) is 8.95. The molecule has 1 aliphatic heterocycles. The number of fused-ring (bicyclic) bond motifs is 1. The van der Waals surface area contributed by atoms with Gasteiger partial charge in [-0.05, 0) is 49.9 Å². The van der Waals surface area contributed by atoms with Gasteiger partial charge in [-0.1, -0.05) is 0 Å². The Morgan fingerprint density at radius 1 is 1.16 bits per heavy atom. The zero-order valence-corrected chi connectivity index (χ0v) is 17.1. The van der Waals surface area contributed by atoms with Crippen LogP contribution in [-0.2, 0) is 20.9 Å². The number of carbonyl (C=O) groups is 2. The van der Waals surface area contributed by atoms with E-state index < -0.39 is 29.5 Å². The van der Waals surface area contributed by atoms with E-state index in [1.165, 1.54) is 6.07 Å². The minimum Gasteiger partial charge on any atom is -0.461 e. The van der Waals surface area contributed by atoms with E-state index in [0.29, 0.717) is 48.5 Å². The molecule has 0 spiro atoms. The van der Waals surface area contributed by atoms with Gasteiger partial charge in [0.15, 0.2) is 0 Å². The Bertz CT molecular complexity index is 1080. The molecule has 0 unspecified atom stereocenters. The smallest absolute Gasteiger partial charge is 0.454 e. The Morgan fingerprint density at radius 2 is 1.81 bits per heavy atom. The number of carbonyl (C=O) groups excluding carboxylic acids is 2. The maximum absolute atomic E-state index is 12.5. The lowest BCUT2D eigenvalue weighted by atomic mass is 9.97.